The molecular weight excluding hydrogens is 418 g/mol. The van der Waals surface area contributed by atoms with Crippen molar-refractivity contribution in [2.45, 2.75) is 6.92 Å². The number of benzene rings is 2. The molecule has 0 aromatic heterocycles. The smallest absolute Gasteiger partial charge is 0.256 e. The Labute approximate surface area is 170 Å². The van der Waals surface area contributed by atoms with Crippen molar-refractivity contribution < 1.29 is 4.79 Å². The number of anilines is 2. The zero-order valence-electron chi connectivity index (χ0n) is 13.8. The lowest BCUT2D eigenvalue weighted by Crippen LogP contribution is -2.36. The molecule has 1 unspecified atom stereocenters. The zero-order valence-corrected chi connectivity index (χ0v) is 16.8. The molecule has 0 saturated carbocycles. The summed E-state index contributed by atoms with van der Waals surface area (Å²) < 4.78 is 0. The molecule has 1 heterocycles. The fourth-order valence-corrected chi connectivity index (χ4v) is 3.64. The third-order valence-corrected chi connectivity index (χ3v) is 5.02. The molecule has 1 aliphatic rings. The van der Waals surface area contributed by atoms with Crippen LogP contribution in [0, 0.1) is 5.92 Å². The molecule has 0 radical (unpaired) electrons. The predicted octanol–water partition coefficient (Wildman–Crippen LogP) is 5.56. The van der Waals surface area contributed by atoms with Crippen LogP contribution in [0.4, 0.5) is 17.1 Å². The predicted molar refractivity (Wildman–Crippen MR) is 109 cm³/mol. The number of amidine groups is 1. The topological polar surface area (TPSA) is 56.7 Å². The molecule has 1 fully saturated rings. The van der Waals surface area contributed by atoms with Crippen LogP contribution in [-0.4, -0.2) is 18.8 Å². The van der Waals surface area contributed by atoms with Crippen LogP contribution in [0.25, 0.3) is 0 Å². The highest BCUT2D eigenvalue weighted by molar-refractivity contribution is 6.43. The number of hydrogen-bond acceptors (Lipinski definition) is 3. The van der Waals surface area contributed by atoms with E-state index in [2.05, 4.69) is 15.7 Å². The van der Waals surface area contributed by atoms with Crippen molar-refractivity contribution in [3.63, 3.8) is 0 Å². The molecule has 2 aromatic rings. The number of amides is 1. The van der Waals surface area contributed by atoms with Crippen LogP contribution in [0.2, 0.25) is 20.1 Å². The average molecular weight is 432 g/mol. The highest BCUT2D eigenvalue weighted by Gasteiger charge is 2.37. The zero-order chi connectivity index (χ0) is 19.0. The van der Waals surface area contributed by atoms with Gasteiger partial charge in [-0.15, -0.1) is 0 Å². The standard InChI is InChI=1S/C17H14Cl4N4O/c1-8-16(23-14-7-10(22-2)3-4-11(14)19)24-25(17(8)26)15-12(20)5-9(18)6-13(15)21/h3-8,22H,1-2H3,(H,23,24). The summed E-state index contributed by atoms with van der Waals surface area (Å²) in [7, 11) is 1.80. The number of nitrogens with zero attached hydrogens (tertiary/aromatic N) is 2. The van der Waals surface area contributed by atoms with E-state index in [4.69, 9.17) is 46.4 Å². The van der Waals surface area contributed by atoms with Crippen molar-refractivity contribution in [3.05, 3.63) is 50.4 Å². The van der Waals surface area contributed by atoms with Crippen molar-refractivity contribution in [1.82, 2.24) is 5.43 Å². The van der Waals surface area contributed by atoms with Gasteiger partial charge in [-0.05, 0) is 37.3 Å². The summed E-state index contributed by atoms with van der Waals surface area (Å²) in [4.78, 5) is 17.2. The molecule has 2 aromatic carbocycles. The molecule has 1 amide bonds. The number of aliphatic imine (C=N–C) groups is 1. The lowest BCUT2D eigenvalue weighted by Gasteiger charge is -2.19. The lowest BCUT2D eigenvalue weighted by molar-refractivity contribution is -0.119. The van der Waals surface area contributed by atoms with Gasteiger partial charge in [-0.3, -0.25) is 10.2 Å². The first-order chi connectivity index (χ1) is 12.3. The van der Waals surface area contributed by atoms with Gasteiger partial charge in [-0.2, -0.15) is 0 Å². The Kier molecular flexibility index (Phi) is 5.53. The van der Waals surface area contributed by atoms with Crippen LogP contribution in [-0.2, 0) is 4.79 Å². The van der Waals surface area contributed by atoms with E-state index in [9.17, 15) is 4.79 Å². The number of halogens is 4. The van der Waals surface area contributed by atoms with Crippen molar-refractivity contribution >= 4 is 75.2 Å². The summed E-state index contributed by atoms with van der Waals surface area (Å²) in [6.07, 6.45) is 0. The first-order valence-electron chi connectivity index (χ1n) is 7.63. The summed E-state index contributed by atoms with van der Waals surface area (Å²) >= 11 is 24.6. The normalized spacial score (nSPS) is 18.4. The molecule has 1 atom stereocenters. The molecule has 136 valence electrons. The maximum absolute atomic E-state index is 12.7. The average Bonchev–Trinajstić information content (AvgIpc) is 2.84. The minimum Gasteiger partial charge on any atom is -0.388 e. The van der Waals surface area contributed by atoms with Gasteiger partial charge in [-0.25, -0.2) is 10.0 Å². The van der Waals surface area contributed by atoms with Gasteiger partial charge in [0.15, 0.2) is 0 Å². The van der Waals surface area contributed by atoms with E-state index in [-0.39, 0.29) is 16.0 Å². The van der Waals surface area contributed by atoms with Crippen LogP contribution in [0.5, 0.6) is 0 Å². The van der Waals surface area contributed by atoms with E-state index in [1.165, 1.54) is 17.1 Å². The Hall–Kier alpha value is -1.66. The van der Waals surface area contributed by atoms with Gasteiger partial charge in [0.05, 0.1) is 26.7 Å². The molecular formula is C17H14Cl4N4O. The molecule has 26 heavy (non-hydrogen) atoms. The van der Waals surface area contributed by atoms with E-state index in [0.29, 0.717) is 27.3 Å². The molecule has 9 heteroatoms. The Morgan fingerprint density at radius 3 is 2.35 bits per heavy atom. The Morgan fingerprint density at radius 1 is 1.08 bits per heavy atom. The van der Waals surface area contributed by atoms with Gasteiger partial charge < -0.3 is 5.32 Å². The largest absolute Gasteiger partial charge is 0.388 e. The van der Waals surface area contributed by atoms with E-state index >= 15 is 0 Å². The summed E-state index contributed by atoms with van der Waals surface area (Å²) in [6.45, 7) is 1.74. The Bertz CT molecular complexity index is 893. The maximum Gasteiger partial charge on any atom is 0.256 e. The van der Waals surface area contributed by atoms with Gasteiger partial charge in [0, 0.05) is 17.8 Å². The van der Waals surface area contributed by atoms with Crippen molar-refractivity contribution in [3.8, 4) is 0 Å². The number of carbonyl (C=O) groups is 1. The van der Waals surface area contributed by atoms with E-state index in [1.807, 2.05) is 6.07 Å². The van der Waals surface area contributed by atoms with Gasteiger partial charge >= 0.3 is 0 Å². The highest BCUT2D eigenvalue weighted by atomic mass is 35.5. The van der Waals surface area contributed by atoms with Crippen molar-refractivity contribution in [2.24, 2.45) is 10.9 Å². The quantitative estimate of drug-likeness (QED) is 0.668. The molecule has 0 spiro atoms. The molecule has 2 N–H and O–H groups in total. The number of rotatable bonds is 3. The van der Waals surface area contributed by atoms with Crippen LogP contribution in [0.15, 0.2) is 35.3 Å². The van der Waals surface area contributed by atoms with Gasteiger partial charge in [0.25, 0.3) is 5.91 Å². The van der Waals surface area contributed by atoms with E-state index in [0.717, 1.165) is 5.69 Å². The first kappa shape index (κ1) is 19.1. The monoisotopic (exact) mass is 430 g/mol. The molecule has 5 nitrogen and oxygen atoms in total. The third kappa shape index (κ3) is 3.58. The molecule has 3 rings (SSSR count). The first-order valence-corrected chi connectivity index (χ1v) is 9.14. The van der Waals surface area contributed by atoms with Crippen molar-refractivity contribution in [1.29, 1.82) is 0 Å². The third-order valence-electron chi connectivity index (χ3n) is 3.91. The number of carbonyl (C=O) groups excluding carboxylic acids is 1. The lowest BCUT2D eigenvalue weighted by atomic mass is 10.1. The number of nitrogens with one attached hydrogen (secondary N) is 2. The van der Waals surface area contributed by atoms with E-state index in [1.54, 1.807) is 26.1 Å². The molecule has 1 saturated heterocycles. The number of hydrogen-bond donors (Lipinski definition) is 2. The summed E-state index contributed by atoms with van der Waals surface area (Å²) in [5.74, 6) is -0.324. The SMILES string of the molecule is CNc1ccc(Cl)c(N=C2NN(c3c(Cl)cc(Cl)cc3Cl)C(=O)C2C)c1. The fraction of sp³-hybridized carbons (Fsp3) is 0.176. The van der Waals surface area contributed by atoms with Crippen LogP contribution in [0.1, 0.15) is 6.92 Å². The summed E-state index contributed by atoms with van der Waals surface area (Å²) in [5.41, 5.74) is 4.68. The second kappa shape index (κ2) is 7.53. The maximum atomic E-state index is 12.7. The second-order valence-electron chi connectivity index (χ2n) is 5.64. The van der Waals surface area contributed by atoms with E-state index < -0.39 is 5.92 Å². The second-order valence-corrected chi connectivity index (χ2v) is 7.30. The Morgan fingerprint density at radius 2 is 1.73 bits per heavy atom. The fourth-order valence-electron chi connectivity index (χ4n) is 2.50. The number of hydrazine groups is 1. The van der Waals surface area contributed by atoms with Crippen molar-refractivity contribution in [2.75, 3.05) is 17.4 Å². The molecule has 0 aliphatic carbocycles. The molecule has 0 bridgehead atoms. The highest BCUT2D eigenvalue weighted by Crippen LogP contribution is 2.38. The van der Waals surface area contributed by atoms with Crippen LogP contribution in [0.3, 0.4) is 0 Å². The van der Waals surface area contributed by atoms with Crippen LogP contribution < -0.4 is 15.8 Å². The Balaban J connectivity index is 2.00. The van der Waals surface area contributed by atoms with Gasteiger partial charge in [-0.1, -0.05) is 46.4 Å². The van der Waals surface area contributed by atoms with Crippen LogP contribution >= 0.6 is 46.4 Å². The summed E-state index contributed by atoms with van der Waals surface area (Å²) in [6, 6.07) is 8.40. The minimum absolute atomic E-state index is 0.240. The summed E-state index contributed by atoms with van der Waals surface area (Å²) in [5, 5.41) is 5.67. The van der Waals surface area contributed by atoms with Gasteiger partial charge in [0.2, 0.25) is 0 Å². The van der Waals surface area contributed by atoms with Gasteiger partial charge in [0.1, 0.15) is 11.5 Å². The minimum atomic E-state index is -0.521. The molecule has 1 aliphatic heterocycles.